The first-order valence-corrected chi connectivity index (χ1v) is 7.01. The monoisotopic (exact) mass is 319 g/mol. The minimum atomic E-state index is -0.308. The van der Waals surface area contributed by atoms with Gasteiger partial charge in [-0.3, -0.25) is 10.1 Å². The van der Waals surface area contributed by atoms with Crippen LogP contribution in [-0.4, -0.2) is 18.0 Å². The molecule has 2 aromatic carbocycles. The first-order valence-electron chi connectivity index (χ1n) is 7.01. The summed E-state index contributed by atoms with van der Waals surface area (Å²) in [5.41, 5.74) is 3.32. The Bertz CT molecular complexity index is 663. The quantitative estimate of drug-likeness (QED) is 0.697. The van der Waals surface area contributed by atoms with E-state index in [9.17, 15) is 10.1 Å². The summed E-state index contributed by atoms with van der Waals surface area (Å²) in [6.45, 7) is 3.10. The van der Waals surface area contributed by atoms with E-state index in [1.807, 2.05) is 24.3 Å². The lowest BCUT2D eigenvalue weighted by Crippen LogP contribution is -2.28. The van der Waals surface area contributed by atoms with Crippen molar-refractivity contribution >= 4 is 23.8 Å². The van der Waals surface area contributed by atoms with Crippen LogP contribution in [0, 0.1) is 10.1 Å². The predicted molar refractivity (Wildman–Crippen MR) is 89.5 cm³/mol. The number of fused-ring (bicyclic) bond motifs is 1. The maximum Gasteiger partial charge on any atom is 0.274 e. The summed E-state index contributed by atoms with van der Waals surface area (Å²) in [6, 6.07) is 15.2. The van der Waals surface area contributed by atoms with E-state index in [1.54, 1.807) is 12.1 Å². The van der Waals surface area contributed by atoms with Crippen LogP contribution in [0.5, 0.6) is 0 Å². The topological polar surface area (TPSA) is 58.4 Å². The Morgan fingerprint density at radius 1 is 1.14 bits per heavy atom. The van der Waals surface area contributed by atoms with Crippen molar-refractivity contribution in [1.29, 1.82) is 0 Å². The van der Waals surface area contributed by atoms with Gasteiger partial charge in [0.2, 0.25) is 0 Å². The lowest BCUT2D eigenvalue weighted by Gasteiger charge is -2.24. The Morgan fingerprint density at radius 3 is 2.68 bits per heavy atom. The lowest BCUT2D eigenvalue weighted by molar-refractivity contribution is -0.385. The molecule has 1 aliphatic rings. The third-order valence-electron chi connectivity index (χ3n) is 3.76. The number of nitro benzene ring substituents is 1. The molecular weight excluding hydrogens is 302 g/mol. The molecular formula is C16H18ClN3O2. The average molecular weight is 320 g/mol. The normalized spacial score (nSPS) is 13.7. The highest BCUT2D eigenvalue weighted by Gasteiger charge is 2.19. The second kappa shape index (κ2) is 7.24. The molecule has 1 N–H and O–H groups in total. The third-order valence-corrected chi connectivity index (χ3v) is 3.76. The summed E-state index contributed by atoms with van der Waals surface area (Å²) in [7, 11) is 0. The molecule has 0 radical (unpaired) electrons. The van der Waals surface area contributed by atoms with Gasteiger partial charge in [0, 0.05) is 43.5 Å². The van der Waals surface area contributed by atoms with Gasteiger partial charge in [-0.1, -0.05) is 36.4 Å². The number of rotatable bonds is 3. The van der Waals surface area contributed by atoms with Crippen molar-refractivity contribution in [3.8, 4) is 0 Å². The van der Waals surface area contributed by atoms with Crippen molar-refractivity contribution < 1.29 is 4.92 Å². The zero-order valence-electron chi connectivity index (χ0n) is 12.1. The predicted octanol–water partition coefficient (Wildman–Crippen LogP) is 3.13. The number of hydrogen-bond donors (Lipinski definition) is 1. The highest BCUT2D eigenvalue weighted by atomic mass is 35.5. The van der Waals surface area contributed by atoms with Gasteiger partial charge in [-0.15, -0.1) is 12.4 Å². The maximum atomic E-state index is 11.2. The van der Waals surface area contributed by atoms with Gasteiger partial charge >= 0.3 is 0 Å². The number of hydrogen-bond acceptors (Lipinski definition) is 4. The minimum Gasteiger partial charge on any atom is -0.365 e. The van der Waals surface area contributed by atoms with E-state index >= 15 is 0 Å². The van der Waals surface area contributed by atoms with Gasteiger partial charge in [0.15, 0.2) is 0 Å². The number of halogens is 1. The van der Waals surface area contributed by atoms with E-state index < -0.39 is 0 Å². The third kappa shape index (κ3) is 3.37. The molecule has 0 unspecified atom stereocenters. The van der Waals surface area contributed by atoms with E-state index in [1.165, 1.54) is 5.56 Å². The molecule has 0 saturated heterocycles. The summed E-state index contributed by atoms with van der Waals surface area (Å²) in [5, 5.41) is 14.5. The van der Waals surface area contributed by atoms with Crippen molar-refractivity contribution in [2.45, 2.75) is 13.1 Å². The maximum absolute atomic E-state index is 11.2. The van der Waals surface area contributed by atoms with Crippen LogP contribution in [0.25, 0.3) is 0 Å². The molecule has 5 nitrogen and oxygen atoms in total. The SMILES string of the molecule is Cl.O=[N+]([O-])c1ccccc1CN1CCNCc2ccccc21. The van der Waals surface area contributed by atoms with Crippen molar-refractivity contribution in [2.75, 3.05) is 18.0 Å². The number of benzene rings is 2. The number of nitrogens with zero attached hydrogens (tertiary/aromatic N) is 2. The molecule has 0 fully saturated rings. The van der Waals surface area contributed by atoms with Crippen LogP contribution >= 0.6 is 12.4 Å². The second-order valence-corrected chi connectivity index (χ2v) is 5.11. The van der Waals surface area contributed by atoms with E-state index in [2.05, 4.69) is 22.3 Å². The van der Waals surface area contributed by atoms with Crippen molar-refractivity contribution in [3.05, 3.63) is 69.8 Å². The molecule has 0 atom stereocenters. The van der Waals surface area contributed by atoms with Gasteiger partial charge in [0.25, 0.3) is 5.69 Å². The van der Waals surface area contributed by atoms with Gasteiger partial charge in [-0.2, -0.15) is 0 Å². The van der Waals surface area contributed by atoms with E-state index in [0.717, 1.165) is 30.9 Å². The van der Waals surface area contributed by atoms with Gasteiger partial charge in [0.05, 0.1) is 4.92 Å². The molecule has 0 saturated carbocycles. The number of anilines is 1. The zero-order valence-corrected chi connectivity index (χ0v) is 12.9. The highest BCUT2D eigenvalue weighted by Crippen LogP contribution is 2.26. The second-order valence-electron chi connectivity index (χ2n) is 5.11. The summed E-state index contributed by atoms with van der Waals surface area (Å²) in [4.78, 5) is 13.0. The van der Waals surface area contributed by atoms with E-state index in [4.69, 9.17) is 0 Å². The van der Waals surface area contributed by atoms with Crippen LogP contribution in [0.1, 0.15) is 11.1 Å². The van der Waals surface area contributed by atoms with Crippen LogP contribution in [0.3, 0.4) is 0 Å². The summed E-state index contributed by atoms with van der Waals surface area (Å²) in [6.07, 6.45) is 0. The van der Waals surface area contributed by atoms with Crippen LogP contribution in [-0.2, 0) is 13.1 Å². The fraction of sp³-hybridized carbons (Fsp3) is 0.250. The van der Waals surface area contributed by atoms with Crippen LogP contribution in [0.2, 0.25) is 0 Å². The standard InChI is InChI=1S/C16H17N3O2.ClH/c20-19(21)16-8-4-2-6-14(16)12-18-10-9-17-11-13-5-1-3-7-15(13)18;/h1-8,17H,9-12H2;1H. The average Bonchev–Trinajstić information content (AvgIpc) is 2.70. The smallest absolute Gasteiger partial charge is 0.274 e. The minimum absolute atomic E-state index is 0. The zero-order chi connectivity index (χ0) is 14.7. The van der Waals surface area contributed by atoms with Crippen molar-refractivity contribution in [3.63, 3.8) is 0 Å². The Hall–Kier alpha value is -2.11. The molecule has 6 heteroatoms. The molecule has 2 aromatic rings. The number of para-hydroxylation sites is 2. The van der Waals surface area contributed by atoms with E-state index in [0.29, 0.717) is 6.54 Å². The number of nitrogens with one attached hydrogen (secondary N) is 1. The molecule has 0 aromatic heterocycles. The van der Waals surface area contributed by atoms with Gasteiger partial charge in [-0.05, 0) is 11.6 Å². The van der Waals surface area contributed by atoms with Crippen molar-refractivity contribution in [2.24, 2.45) is 0 Å². The summed E-state index contributed by atoms with van der Waals surface area (Å²) < 4.78 is 0. The fourth-order valence-electron chi connectivity index (χ4n) is 2.72. The largest absolute Gasteiger partial charge is 0.365 e. The molecule has 0 aliphatic carbocycles. The van der Waals surface area contributed by atoms with Crippen LogP contribution in [0.4, 0.5) is 11.4 Å². The van der Waals surface area contributed by atoms with E-state index in [-0.39, 0.29) is 23.0 Å². The molecule has 3 rings (SSSR count). The first kappa shape index (κ1) is 16.3. The summed E-state index contributed by atoms with van der Waals surface area (Å²) >= 11 is 0. The Kier molecular flexibility index (Phi) is 5.35. The molecule has 22 heavy (non-hydrogen) atoms. The van der Waals surface area contributed by atoms with Gasteiger partial charge in [0.1, 0.15) is 0 Å². The Labute approximate surface area is 135 Å². The Morgan fingerprint density at radius 2 is 1.86 bits per heavy atom. The number of nitro groups is 1. The molecule has 1 aliphatic heterocycles. The Balaban J connectivity index is 0.00000176. The molecule has 0 spiro atoms. The molecule has 1 heterocycles. The molecule has 116 valence electrons. The molecule has 0 bridgehead atoms. The highest BCUT2D eigenvalue weighted by molar-refractivity contribution is 5.85. The van der Waals surface area contributed by atoms with Crippen LogP contribution in [0.15, 0.2) is 48.5 Å². The first-order chi connectivity index (χ1) is 10.3. The van der Waals surface area contributed by atoms with Crippen molar-refractivity contribution in [1.82, 2.24) is 5.32 Å². The molecule has 0 amide bonds. The summed E-state index contributed by atoms with van der Waals surface area (Å²) in [5.74, 6) is 0. The van der Waals surface area contributed by atoms with Crippen LogP contribution < -0.4 is 10.2 Å². The fourth-order valence-corrected chi connectivity index (χ4v) is 2.72. The van der Waals surface area contributed by atoms with Gasteiger partial charge in [-0.25, -0.2) is 0 Å². The lowest BCUT2D eigenvalue weighted by atomic mass is 10.1. The van der Waals surface area contributed by atoms with Gasteiger partial charge < -0.3 is 10.2 Å².